The first-order valence-corrected chi connectivity index (χ1v) is 9.18. The highest BCUT2D eigenvalue weighted by Gasteiger charge is 2.27. The number of rotatable bonds is 3. The summed E-state index contributed by atoms with van der Waals surface area (Å²) in [6.07, 6.45) is 1.04. The van der Waals surface area contributed by atoms with Crippen LogP contribution in [0.4, 0.5) is 0 Å². The SMILES string of the molecule is c1ccc(C2=NC(c3ccccc3)CC(c3ccccc3)S2)cc1. The summed E-state index contributed by atoms with van der Waals surface area (Å²) in [5, 5.41) is 1.58. The van der Waals surface area contributed by atoms with E-state index in [2.05, 4.69) is 91.0 Å². The van der Waals surface area contributed by atoms with Crippen LogP contribution in [0.2, 0.25) is 0 Å². The Hall–Kier alpha value is -2.32. The fourth-order valence-corrected chi connectivity index (χ4v) is 4.39. The Morgan fingerprint density at radius 3 is 1.83 bits per heavy atom. The Labute approximate surface area is 147 Å². The summed E-state index contributed by atoms with van der Waals surface area (Å²) in [6, 6.07) is 32.2. The normalized spacial score (nSPS) is 20.4. The van der Waals surface area contributed by atoms with Crippen molar-refractivity contribution in [3.05, 3.63) is 108 Å². The third-order valence-electron chi connectivity index (χ3n) is 4.34. The van der Waals surface area contributed by atoms with Crippen molar-refractivity contribution in [2.75, 3.05) is 0 Å². The lowest BCUT2D eigenvalue weighted by Gasteiger charge is -2.28. The topological polar surface area (TPSA) is 12.4 Å². The highest BCUT2D eigenvalue weighted by atomic mass is 32.2. The van der Waals surface area contributed by atoms with Crippen molar-refractivity contribution < 1.29 is 0 Å². The highest BCUT2D eigenvalue weighted by Crippen LogP contribution is 2.45. The van der Waals surface area contributed by atoms with Gasteiger partial charge >= 0.3 is 0 Å². The van der Waals surface area contributed by atoms with Crippen LogP contribution in [0.15, 0.2) is 96.0 Å². The largest absolute Gasteiger partial charge is 0.270 e. The molecule has 4 rings (SSSR count). The summed E-state index contributed by atoms with van der Waals surface area (Å²) in [6.45, 7) is 0. The molecule has 0 N–H and O–H groups in total. The minimum atomic E-state index is 0.216. The first-order chi connectivity index (χ1) is 11.9. The summed E-state index contributed by atoms with van der Waals surface area (Å²) in [5.41, 5.74) is 3.89. The zero-order valence-corrected chi connectivity index (χ0v) is 14.2. The van der Waals surface area contributed by atoms with Gasteiger partial charge in [0, 0.05) is 10.8 Å². The Kier molecular flexibility index (Phi) is 4.48. The van der Waals surface area contributed by atoms with Gasteiger partial charge in [0.05, 0.1) is 11.1 Å². The molecule has 2 unspecified atom stereocenters. The van der Waals surface area contributed by atoms with Crippen molar-refractivity contribution in [2.24, 2.45) is 4.99 Å². The molecule has 0 saturated carbocycles. The highest BCUT2D eigenvalue weighted by molar-refractivity contribution is 8.14. The summed E-state index contributed by atoms with van der Waals surface area (Å²) < 4.78 is 0. The smallest absolute Gasteiger partial charge is 0.0990 e. The third-order valence-corrected chi connectivity index (χ3v) is 5.65. The first kappa shape index (κ1) is 15.2. The number of hydrogen-bond donors (Lipinski definition) is 0. The number of benzene rings is 3. The minimum Gasteiger partial charge on any atom is -0.270 e. The molecule has 0 bridgehead atoms. The van der Waals surface area contributed by atoms with E-state index in [4.69, 9.17) is 4.99 Å². The number of thioether (sulfide) groups is 1. The van der Waals surface area contributed by atoms with Crippen molar-refractivity contribution in [1.29, 1.82) is 0 Å². The minimum absolute atomic E-state index is 0.216. The lowest BCUT2D eigenvalue weighted by atomic mass is 9.98. The fourth-order valence-electron chi connectivity index (χ4n) is 3.09. The molecule has 0 saturated heterocycles. The molecule has 2 heteroatoms. The van der Waals surface area contributed by atoms with Gasteiger partial charge in [-0.15, -0.1) is 0 Å². The van der Waals surface area contributed by atoms with Gasteiger partial charge in [0.1, 0.15) is 0 Å². The molecule has 3 aromatic rings. The fraction of sp³-hybridized carbons (Fsp3) is 0.136. The van der Waals surface area contributed by atoms with Crippen LogP contribution in [0, 0.1) is 0 Å². The zero-order valence-electron chi connectivity index (χ0n) is 13.4. The van der Waals surface area contributed by atoms with Crippen LogP contribution < -0.4 is 0 Å². The van der Waals surface area contributed by atoms with E-state index in [1.54, 1.807) is 0 Å². The van der Waals surface area contributed by atoms with E-state index >= 15 is 0 Å². The molecule has 1 aliphatic heterocycles. The average molecular weight is 329 g/mol. The second kappa shape index (κ2) is 7.06. The molecule has 0 aliphatic carbocycles. The Morgan fingerprint density at radius 2 is 1.21 bits per heavy atom. The van der Waals surface area contributed by atoms with E-state index < -0.39 is 0 Å². The maximum Gasteiger partial charge on any atom is 0.0990 e. The standard InChI is InChI=1S/C22H19NS/c1-4-10-17(11-5-1)20-16-21(18-12-6-2-7-13-18)24-22(23-20)19-14-8-3-9-15-19/h1-15,20-21H,16H2. The molecule has 2 atom stereocenters. The van der Waals surface area contributed by atoms with Gasteiger partial charge < -0.3 is 0 Å². The van der Waals surface area contributed by atoms with Gasteiger partial charge in [0.25, 0.3) is 0 Å². The first-order valence-electron chi connectivity index (χ1n) is 8.30. The van der Waals surface area contributed by atoms with Gasteiger partial charge in [-0.25, -0.2) is 0 Å². The van der Waals surface area contributed by atoms with Crippen LogP contribution in [0.3, 0.4) is 0 Å². The molecule has 0 aromatic heterocycles. The summed E-state index contributed by atoms with van der Waals surface area (Å²) in [7, 11) is 0. The van der Waals surface area contributed by atoms with Crippen molar-refractivity contribution in [2.45, 2.75) is 17.7 Å². The van der Waals surface area contributed by atoms with Gasteiger partial charge in [-0.1, -0.05) is 103 Å². The molecule has 1 heterocycles. The second-order valence-electron chi connectivity index (χ2n) is 5.98. The molecule has 24 heavy (non-hydrogen) atoms. The number of nitrogens with zero attached hydrogens (tertiary/aromatic N) is 1. The molecule has 0 radical (unpaired) electrons. The predicted molar refractivity (Wildman–Crippen MR) is 104 cm³/mol. The molecule has 1 aliphatic rings. The van der Waals surface area contributed by atoms with Crippen molar-refractivity contribution in [3.8, 4) is 0 Å². The van der Waals surface area contributed by atoms with E-state index in [0.29, 0.717) is 5.25 Å². The molecule has 3 aromatic carbocycles. The average Bonchev–Trinajstić information content (AvgIpc) is 2.70. The maximum atomic E-state index is 5.08. The summed E-state index contributed by atoms with van der Waals surface area (Å²) >= 11 is 1.89. The van der Waals surface area contributed by atoms with Gasteiger partial charge in [-0.05, 0) is 17.5 Å². The number of aliphatic imine (C=N–C) groups is 1. The van der Waals surface area contributed by atoms with Crippen LogP contribution in [-0.4, -0.2) is 5.04 Å². The van der Waals surface area contributed by atoms with Crippen LogP contribution in [0.5, 0.6) is 0 Å². The van der Waals surface area contributed by atoms with Gasteiger partial charge in [-0.3, -0.25) is 4.99 Å². The molecule has 0 spiro atoms. The van der Waals surface area contributed by atoms with E-state index in [1.807, 2.05) is 11.8 Å². The van der Waals surface area contributed by atoms with E-state index in [9.17, 15) is 0 Å². The van der Waals surface area contributed by atoms with E-state index in [0.717, 1.165) is 11.5 Å². The van der Waals surface area contributed by atoms with Crippen LogP contribution in [0.25, 0.3) is 0 Å². The Balaban J connectivity index is 1.73. The predicted octanol–water partition coefficient (Wildman–Crippen LogP) is 6.05. The molecular formula is C22H19NS. The van der Waals surface area contributed by atoms with Gasteiger partial charge in [0.2, 0.25) is 0 Å². The van der Waals surface area contributed by atoms with Crippen LogP contribution in [0.1, 0.15) is 34.4 Å². The summed E-state index contributed by atoms with van der Waals surface area (Å²) in [5.74, 6) is 0. The number of hydrogen-bond acceptors (Lipinski definition) is 2. The van der Waals surface area contributed by atoms with Crippen LogP contribution in [-0.2, 0) is 0 Å². The molecule has 0 amide bonds. The quantitative estimate of drug-likeness (QED) is 0.569. The van der Waals surface area contributed by atoms with Crippen molar-refractivity contribution >= 4 is 16.8 Å². The Bertz CT molecular complexity index is 812. The monoisotopic (exact) mass is 329 g/mol. The summed E-state index contributed by atoms with van der Waals surface area (Å²) in [4.78, 5) is 5.08. The zero-order chi connectivity index (χ0) is 16.2. The maximum absolute atomic E-state index is 5.08. The lowest BCUT2D eigenvalue weighted by molar-refractivity contribution is 0.641. The molecule has 118 valence electrons. The van der Waals surface area contributed by atoms with Gasteiger partial charge in [0.15, 0.2) is 0 Å². The van der Waals surface area contributed by atoms with E-state index in [-0.39, 0.29) is 6.04 Å². The molecule has 1 nitrogen and oxygen atoms in total. The van der Waals surface area contributed by atoms with Crippen molar-refractivity contribution in [3.63, 3.8) is 0 Å². The molecule has 0 fully saturated rings. The lowest BCUT2D eigenvalue weighted by Crippen LogP contribution is -2.13. The second-order valence-corrected chi connectivity index (χ2v) is 7.17. The van der Waals surface area contributed by atoms with Gasteiger partial charge in [-0.2, -0.15) is 0 Å². The Morgan fingerprint density at radius 1 is 0.667 bits per heavy atom. The third kappa shape index (κ3) is 3.29. The molecular weight excluding hydrogens is 310 g/mol. The van der Waals surface area contributed by atoms with E-state index in [1.165, 1.54) is 16.7 Å². The van der Waals surface area contributed by atoms with Crippen molar-refractivity contribution in [1.82, 2.24) is 0 Å². The van der Waals surface area contributed by atoms with Crippen LogP contribution >= 0.6 is 11.8 Å².